The van der Waals surface area contributed by atoms with Gasteiger partial charge in [0.25, 0.3) is 0 Å². The van der Waals surface area contributed by atoms with E-state index in [0.29, 0.717) is 24.2 Å². The molecule has 1 aromatic heterocycles. The van der Waals surface area contributed by atoms with Gasteiger partial charge in [-0.05, 0) is 68.2 Å². The van der Waals surface area contributed by atoms with Crippen molar-refractivity contribution in [3.05, 3.63) is 93.5 Å². The van der Waals surface area contributed by atoms with Crippen LogP contribution in [0.15, 0.2) is 65.6 Å². The van der Waals surface area contributed by atoms with Crippen molar-refractivity contribution in [1.29, 1.82) is 0 Å². The van der Waals surface area contributed by atoms with Crippen LogP contribution in [0.3, 0.4) is 0 Å². The second-order valence-corrected chi connectivity index (χ2v) is 9.94. The van der Waals surface area contributed by atoms with Gasteiger partial charge < -0.3 is 23.5 Å². The molecule has 0 spiro atoms. The zero-order valence-electron chi connectivity index (χ0n) is 23.2. The third-order valence-corrected chi connectivity index (χ3v) is 7.34. The molecule has 0 bridgehead atoms. The molecule has 0 unspecified atom stereocenters. The van der Waals surface area contributed by atoms with Crippen molar-refractivity contribution < 1.29 is 23.3 Å². The second-order valence-electron chi connectivity index (χ2n) is 9.94. The lowest BCUT2D eigenvalue weighted by molar-refractivity contribution is 0.246. The van der Waals surface area contributed by atoms with Gasteiger partial charge in [-0.25, -0.2) is 4.39 Å². The van der Waals surface area contributed by atoms with Gasteiger partial charge in [-0.3, -0.25) is 9.69 Å². The summed E-state index contributed by atoms with van der Waals surface area (Å²) in [6.45, 7) is 5.24. The second kappa shape index (κ2) is 12.4. The number of hydrogen-bond donors (Lipinski definition) is 0. The monoisotopic (exact) mass is 546 g/mol. The molecule has 40 heavy (non-hydrogen) atoms. The first kappa shape index (κ1) is 27.5. The van der Waals surface area contributed by atoms with Crippen LogP contribution in [0.2, 0.25) is 0 Å². The summed E-state index contributed by atoms with van der Waals surface area (Å²) in [4.78, 5) is 15.9. The van der Waals surface area contributed by atoms with E-state index in [2.05, 4.69) is 4.90 Å². The van der Waals surface area contributed by atoms with Crippen LogP contribution in [0.1, 0.15) is 36.5 Å². The van der Waals surface area contributed by atoms with Crippen LogP contribution in [0.25, 0.3) is 10.9 Å². The fraction of sp³-hybridized carbons (Fsp3) is 0.344. The third-order valence-electron chi connectivity index (χ3n) is 7.34. The van der Waals surface area contributed by atoms with Crippen molar-refractivity contribution >= 4 is 10.9 Å². The Morgan fingerprint density at radius 1 is 0.850 bits per heavy atom. The van der Waals surface area contributed by atoms with E-state index in [4.69, 9.17) is 18.9 Å². The topological polar surface area (TPSA) is 62.2 Å². The lowest BCUT2D eigenvalue weighted by atomic mass is 10.1. The number of fused-ring (bicyclic) bond motifs is 1. The molecule has 3 aromatic carbocycles. The van der Waals surface area contributed by atoms with Crippen LogP contribution in [-0.2, 0) is 26.3 Å². The smallest absolute Gasteiger partial charge is 0.198 e. The summed E-state index contributed by atoms with van der Waals surface area (Å²) in [6, 6.07) is 16.5. The molecule has 7 nitrogen and oxygen atoms in total. The Balaban J connectivity index is 1.54. The van der Waals surface area contributed by atoms with Crippen molar-refractivity contribution in [3.63, 3.8) is 0 Å². The SMILES string of the molecule is CCn1cc(CN2CCCC2)c(=O)c2c(F)c(OCc3ccc(OC)cc3)c(OCc3ccc(OC)cc3)cc21. The van der Waals surface area contributed by atoms with Crippen LogP contribution in [0.5, 0.6) is 23.0 Å². The van der Waals surface area contributed by atoms with E-state index in [1.807, 2.05) is 66.2 Å². The Morgan fingerprint density at radius 3 is 1.98 bits per heavy atom. The minimum atomic E-state index is -0.703. The molecule has 0 aliphatic carbocycles. The fourth-order valence-corrected chi connectivity index (χ4v) is 5.07. The van der Waals surface area contributed by atoms with Gasteiger partial charge >= 0.3 is 0 Å². The Bertz CT molecular complexity index is 1510. The summed E-state index contributed by atoms with van der Waals surface area (Å²) in [5.74, 6) is 0.917. The van der Waals surface area contributed by atoms with Crippen LogP contribution in [0.4, 0.5) is 4.39 Å². The standard InChI is InChI=1S/C32H35FN2O5/c1-4-35-19-24(18-34-15-5-6-16-34)31(36)29-27(35)17-28(39-20-22-7-11-25(37-2)12-8-22)32(30(29)33)40-21-23-9-13-26(38-3)14-10-23/h7-14,17,19H,4-6,15-16,18,20-21H2,1-3H3. The number of rotatable bonds is 11. The molecular weight excluding hydrogens is 511 g/mol. The van der Waals surface area contributed by atoms with Crippen LogP contribution >= 0.6 is 0 Å². The minimum absolute atomic E-state index is 0.0278. The molecular formula is C32H35FN2O5. The van der Waals surface area contributed by atoms with E-state index in [9.17, 15) is 4.79 Å². The number of aryl methyl sites for hydroxylation is 1. The van der Waals surface area contributed by atoms with E-state index in [1.54, 1.807) is 20.3 Å². The van der Waals surface area contributed by atoms with Crippen LogP contribution in [-0.4, -0.2) is 36.8 Å². The summed E-state index contributed by atoms with van der Waals surface area (Å²) < 4.78 is 40.9. The molecule has 5 rings (SSSR count). The summed E-state index contributed by atoms with van der Waals surface area (Å²) in [5.41, 5.74) is 2.48. The molecule has 1 aliphatic rings. The van der Waals surface area contributed by atoms with Crippen molar-refractivity contribution in [2.75, 3.05) is 27.3 Å². The molecule has 210 valence electrons. The highest BCUT2D eigenvalue weighted by atomic mass is 19.1. The van der Waals surface area contributed by atoms with Gasteiger partial charge in [0.15, 0.2) is 22.7 Å². The number of halogens is 1. The van der Waals surface area contributed by atoms with Crippen LogP contribution in [0, 0.1) is 5.82 Å². The summed E-state index contributed by atoms with van der Waals surface area (Å²) >= 11 is 0. The number of aromatic nitrogens is 1. The van der Waals surface area contributed by atoms with E-state index < -0.39 is 5.82 Å². The summed E-state index contributed by atoms with van der Waals surface area (Å²) in [5, 5.41) is 0.0278. The molecule has 4 aromatic rings. The first-order valence-electron chi connectivity index (χ1n) is 13.6. The summed E-state index contributed by atoms with van der Waals surface area (Å²) in [7, 11) is 3.21. The number of benzene rings is 3. The van der Waals surface area contributed by atoms with Gasteiger partial charge in [-0.1, -0.05) is 24.3 Å². The van der Waals surface area contributed by atoms with E-state index in [1.165, 1.54) is 0 Å². The number of likely N-dealkylation sites (tertiary alicyclic amines) is 1. The maximum Gasteiger partial charge on any atom is 0.198 e. The Kier molecular flexibility index (Phi) is 8.55. The Labute approximate surface area is 233 Å². The normalized spacial score (nSPS) is 13.5. The number of hydrogen-bond acceptors (Lipinski definition) is 6. The number of nitrogens with zero attached hydrogens (tertiary/aromatic N) is 2. The maximum atomic E-state index is 16.4. The van der Waals surface area contributed by atoms with Gasteiger partial charge in [0.05, 0.1) is 25.1 Å². The highest BCUT2D eigenvalue weighted by Crippen LogP contribution is 2.37. The average molecular weight is 547 g/mol. The Hall–Kier alpha value is -4.04. The van der Waals surface area contributed by atoms with Crippen LogP contribution < -0.4 is 24.4 Å². The van der Waals surface area contributed by atoms with Crippen molar-refractivity contribution in [2.24, 2.45) is 0 Å². The maximum absolute atomic E-state index is 16.4. The lowest BCUT2D eigenvalue weighted by Gasteiger charge is -2.20. The van der Waals surface area contributed by atoms with E-state index >= 15 is 4.39 Å². The minimum Gasteiger partial charge on any atom is -0.497 e. The van der Waals surface area contributed by atoms with Gasteiger partial charge in [0.1, 0.15) is 24.7 Å². The fourth-order valence-electron chi connectivity index (χ4n) is 5.07. The molecule has 0 amide bonds. The largest absolute Gasteiger partial charge is 0.497 e. The molecule has 1 aliphatic heterocycles. The van der Waals surface area contributed by atoms with Crippen molar-refractivity contribution in [1.82, 2.24) is 9.47 Å². The van der Waals surface area contributed by atoms with E-state index in [-0.39, 0.29) is 35.5 Å². The molecule has 8 heteroatoms. The van der Waals surface area contributed by atoms with Crippen molar-refractivity contribution in [3.8, 4) is 23.0 Å². The van der Waals surface area contributed by atoms with E-state index in [0.717, 1.165) is 48.6 Å². The zero-order valence-corrected chi connectivity index (χ0v) is 23.2. The summed E-state index contributed by atoms with van der Waals surface area (Å²) in [6.07, 6.45) is 4.08. The van der Waals surface area contributed by atoms with Gasteiger partial charge in [-0.2, -0.15) is 0 Å². The zero-order chi connectivity index (χ0) is 28.1. The van der Waals surface area contributed by atoms with Crippen molar-refractivity contribution in [2.45, 2.75) is 46.1 Å². The predicted molar refractivity (Wildman–Crippen MR) is 153 cm³/mol. The number of ether oxygens (including phenoxy) is 4. The Morgan fingerprint density at radius 2 is 1.43 bits per heavy atom. The van der Waals surface area contributed by atoms with Gasteiger partial charge in [0, 0.05) is 30.9 Å². The average Bonchev–Trinajstić information content (AvgIpc) is 3.50. The highest BCUT2D eigenvalue weighted by molar-refractivity contribution is 5.84. The predicted octanol–water partition coefficient (Wildman–Crippen LogP) is 5.93. The lowest BCUT2D eigenvalue weighted by Crippen LogP contribution is -2.25. The molecule has 0 N–H and O–H groups in total. The molecule has 0 atom stereocenters. The quantitative estimate of drug-likeness (QED) is 0.232. The van der Waals surface area contributed by atoms with Gasteiger partial charge in [-0.15, -0.1) is 0 Å². The molecule has 1 fully saturated rings. The number of pyridine rings is 1. The highest BCUT2D eigenvalue weighted by Gasteiger charge is 2.23. The van der Waals surface area contributed by atoms with Gasteiger partial charge in [0.2, 0.25) is 0 Å². The molecule has 0 radical (unpaired) electrons. The molecule has 1 saturated heterocycles. The first-order chi connectivity index (χ1) is 19.5. The third kappa shape index (κ3) is 5.92. The molecule has 0 saturated carbocycles. The molecule has 2 heterocycles. The number of methoxy groups -OCH3 is 2. The first-order valence-corrected chi connectivity index (χ1v) is 13.6.